The molecule has 4 rings (SSSR count). The van der Waals surface area contributed by atoms with Gasteiger partial charge < -0.3 is 35.3 Å². The van der Waals surface area contributed by atoms with Crippen LogP contribution in [-0.2, 0) is 24.0 Å². The van der Waals surface area contributed by atoms with E-state index >= 15 is 0 Å². The van der Waals surface area contributed by atoms with Gasteiger partial charge in [-0.3, -0.25) is 4.79 Å². The number of fused-ring (bicyclic) bond motifs is 1. The molecule has 1 amide bonds. The van der Waals surface area contributed by atoms with Gasteiger partial charge in [0, 0.05) is 10.9 Å². The summed E-state index contributed by atoms with van der Waals surface area (Å²) in [5, 5.41) is 33.9. The van der Waals surface area contributed by atoms with E-state index in [1.54, 1.807) is 22.4 Å². The van der Waals surface area contributed by atoms with Crippen LogP contribution in [0.2, 0.25) is 6.32 Å². The number of nitrogen functional groups attached to an aromatic ring is 1. The van der Waals surface area contributed by atoms with Crippen molar-refractivity contribution in [2.75, 3.05) is 18.8 Å². The Morgan fingerprint density at radius 3 is 2.73 bits per heavy atom. The summed E-state index contributed by atoms with van der Waals surface area (Å²) in [5.41, 5.74) is 7.16. The van der Waals surface area contributed by atoms with Crippen LogP contribution < -0.4 is 15.6 Å². The minimum Gasteiger partial charge on any atom is -0.583 e. The highest BCUT2D eigenvalue weighted by Gasteiger charge is 2.34. The van der Waals surface area contributed by atoms with Crippen LogP contribution in [0.1, 0.15) is 34.6 Å². The Morgan fingerprint density at radius 2 is 2.10 bits per heavy atom. The first kappa shape index (κ1) is 22.1. The smallest absolute Gasteiger partial charge is 0.240 e. The molecule has 0 aliphatic carbocycles. The average molecular weight is 433 g/mol. The third-order valence-corrected chi connectivity index (χ3v) is 6.10. The van der Waals surface area contributed by atoms with Crippen molar-refractivity contribution in [3.8, 4) is 5.75 Å². The number of carboxylic acids is 1. The molecule has 1 fully saturated rings. The normalized spacial score (nSPS) is 17.5. The molecule has 3 heterocycles. The van der Waals surface area contributed by atoms with Crippen molar-refractivity contribution < 1.29 is 29.5 Å². The molecule has 2 aliphatic heterocycles. The number of carboxylic acid groups (broad SMARTS) is 1. The molecular formula is C19H24BN3O6S-2. The molecule has 2 aromatic rings. The Labute approximate surface area is 178 Å². The molecule has 0 spiro atoms. The number of benzene rings is 1. The molecule has 0 saturated carbocycles. The standard InChI is InChI=1S/C18H21BN3O6S.CH4/c20-18-21-11(9-29-18)5-15(23)22-7-12(8-22)28-14-2-1-10-3-4-19(26,27)6-13(10)16(14)17(24)25;/h1-2,9,12,26-27H,3-8H2,(H2,20,21)(H,24,25);1H4/q-1;/p-1. The number of carbonyl (C=O) groups is 2. The van der Waals surface area contributed by atoms with E-state index in [-0.39, 0.29) is 49.8 Å². The number of nitrogens with two attached hydrogens (primary N) is 1. The fraction of sp³-hybridized carbons (Fsp3) is 0.421. The van der Waals surface area contributed by atoms with Crippen molar-refractivity contribution in [3.05, 3.63) is 39.9 Å². The second kappa shape index (κ2) is 8.25. The van der Waals surface area contributed by atoms with E-state index in [0.29, 0.717) is 35.9 Å². The first-order valence-corrected chi connectivity index (χ1v) is 10.2. The van der Waals surface area contributed by atoms with E-state index in [2.05, 4.69) is 4.98 Å². The van der Waals surface area contributed by atoms with Crippen LogP contribution in [0.25, 0.3) is 0 Å². The summed E-state index contributed by atoms with van der Waals surface area (Å²) in [6, 6.07) is 3.32. The summed E-state index contributed by atoms with van der Waals surface area (Å²) in [6.45, 7) is -1.97. The lowest BCUT2D eigenvalue weighted by molar-refractivity contribution is -0.255. The molecule has 30 heavy (non-hydrogen) atoms. The summed E-state index contributed by atoms with van der Waals surface area (Å²) in [6.07, 6.45) is 0.250. The number of rotatable bonds is 5. The van der Waals surface area contributed by atoms with E-state index in [1.165, 1.54) is 11.3 Å². The molecule has 0 bridgehead atoms. The maximum atomic E-state index is 12.3. The number of aromatic carboxylic acids is 1. The third-order valence-electron chi connectivity index (χ3n) is 5.38. The van der Waals surface area contributed by atoms with Gasteiger partial charge in [-0.15, -0.1) is 24.0 Å². The zero-order valence-electron chi connectivity index (χ0n) is 15.5. The van der Waals surface area contributed by atoms with Crippen molar-refractivity contribution in [2.24, 2.45) is 0 Å². The van der Waals surface area contributed by atoms with Crippen LogP contribution in [0.4, 0.5) is 5.13 Å². The lowest BCUT2D eigenvalue weighted by Gasteiger charge is -2.40. The molecule has 1 aromatic heterocycles. The van der Waals surface area contributed by atoms with Crippen LogP contribution in [0.5, 0.6) is 5.75 Å². The molecule has 4 N–H and O–H groups in total. The van der Waals surface area contributed by atoms with Gasteiger partial charge in [-0.1, -0.05) is 25.5 Å². The van der Waals surface area contributed by atoms with Crippen molar-refractivity contribution in [2.45, 2.75) is 39.0 Å². The number of ether oxygens (including phenoxy) is 1. The van der Waals surface area contributed by atoms with Crippen LogP contribution >= 0.6 is 11.3 Å². The number of aromatic nitrogens is 1. The molecule has 0 unspecified atom stereocenters. The number of aryl methyl sites for hydroxylation is 1. The van der Waals surface area contributed by atoms with Crippen LogP contribution in [0, 0.1) is 0 Å². The van der Waals surface area contributed by atoms with Gasteiger partial charge in [-0.25, -0.2) is 4.98 Å². The number of hydrogen-bond donors (Lipinski definition) is 3. The SMILES string of the molecule is C.Nc1nc(CC(=O)N2CC(Oc3ccc4c(c3C(=O)[O-])C[B-](O)(O)CC4)C2)cs1. The van der Waals surface area contributed by atoms with Gasteiger partial charge >= 0.3 is 0 Å². The highest BCUT2D eigenvalue weighted by molar-refractivity contribution is 7.13. The summed E-state index contributed by atoms with van der Waals surface area (Å²) in [5.74, 6) is -1.39. The zero-order valence-corrected chi connectivity index (χ0v) is 16.4. The van der Waals surface area contributed by atoms with Gasteiger partial charge in [0.1, 0.15) is 11.9 Å². The van der Waals surface area contributed by atoms with Gasteiger partial charge in [0.15, 0.2) is 5.13 Å². The number of hydrogen-bond acceptors (Lipinski definition) is 9. The van der Waals surface area contributed by atoms with Gasteiger partial charge in [-0.05, 0) is 11.6 Å². The Balaban J connectivity index is 0.00000256. The first-order valence-electron chi connectivity index (χ1n) is 9.35. The topological polar surface area (TPSA) is 149 Å². The molecule has 1 aromatic carbocycles. The fourth-order valence-electron chi connectivity index (χ4n) is 3.84. The molecular weight excluding hydrogens is 409 g/mol. The zero-order chi connectivity index (χ0) is 20.8. The van der Waals surface area contributed by atoms with Crippen molar-refractivity contribution in [1.82, 2.24) is 9.88 Å². The number of thiazole rings is 1. The van der Waals surface area contributed by atoms with Crippen LogP contribution in [-0.4, -0.2) is 57.6 Å². The van der Waals surface area contributed by atoms with Gasteiger partial charge in [0.25, 0.3) is 0 Å². The van der Waals surface area contributed by atoms with E-state index in [0.717, 1.165) is 5.56 Å². The first-order chi connectivity index (χ1) is 13.7. The Kier molecular flexibility index (Phi) is 6.07. The minimum absolute atomic E-state index is 0. The van der Waals surface area contributed by atoms with E-state index < -0.39 is 12.5 Å². The number of amides is 1. The van der Waals surface area contributed by atoms with Crippen molar-refractivity contribution in [3.63, 3.8) is 0 Å². The summed E-state index contributed by atoms with van der Waals surface area (Å²) in [4.78, 5) is 29.7. The largest absolute Gasteiger partial charge is 0.583 e. The van der Waals surface area contributed by atoms with E-state index in [9.17, 15) is 24.7 Å². The molecule has 9 nitrogen and oxygen atoms in total. The predicted molar refractivity (Wildman–Crippen MR) is 111 cm³/mol. The molecule has 2 aliphatic rings. The van der Waals surface area contributed by atoms with Crippen molar-refractivity contribution >= 4 is 34.9 Å². The quantitative estimate of drug-likeness (QED) is 0.541. The monoisotopic (exact) mass is 433 g/mol. The molecule has 0 radical (unpaired) electrons. The predicted octanol–water partition coefficient (Wildman–Crippen LogP) is -0.378. The number of likely N-dealkylation sites (tertiary alicyclic amines) is 1. The number of anilines is 1. The highest BCUT2D eigenvalue weighted by atomic mass is 32.1. The Bertz CT molecular complexity index is 973. The van der Waals surface area contributed by atoms with Gasteiger partial charge in [-0.2, -0.15) is 0 Å². The molecule has 11 heteroatoms. The Morgan fingerprint density at radius 1 is 1.37 bits per heavy atom. The van der Waals surface area contributed by atoms with Crippen LogP contribution in [0.15, 0.2) is 17.5 Å². The maximum absolute atomic E-state index is 12.3. The molecule has 1 saturated heterocycles. The van der Waals surface area contributed by atoms with Gasteiger partial charge in [0.2, 0.25) is 12.5 Å². The second-order valence-corrected chi connectivity index (χ2v) is 8.52. The Hall–Kier alpha value is -2.63. The summed E-state index contributed by atoms with van der Waals surface area (Å²) in [7, 11) is 0. The highest BCUT2D eigenvalue weighted by Crippen LogP contribution is 2.34. The van der Waals surface area contributed by atoms with E-state index in [4.69, 9.17) is 10.5 Å². The number of nitrogens with zero attached hydrogens (tertiary/aromatic N) is 2. The third kappa shape index (κ3) is 4.42. The fourth-order valence-corrected chi connectivity index (χ4v) is 4.40. The summed E-state index contributed by atoms with van der Waals surface area (Å²) < 4.78 is 5.81. The molecule has 0 atom stereocenters. The van der Waals surface area contributed by atoms with Crippen molar-refractivity contribution in [1.29, 1.82) is 0 Å². The lowest BCUT2D eigenvalue weighted by atomic mass is 9.47. The maximum Gasteiger partial charge on any atom is 0.240 e. The number of carbonyl (C=O) groups excluding carboxylic acids is 2. The average Bonchev–Trinajstić information content (AvgIpc) is 3.00. The van der Waals surface area contributed by atoms with E-state index in [1.807, 2.05) is 0 Å². The second-order valence-electron chi connectivity index (χ2n) is 7.63. The molecule has 162 valence electrons. The lowest BCUT2D eigenvalue weighted by Crippen LogP contribution is -2.56. The summed E-state index contributed by atoms with van der Waals surface area (Å²) >= 11 is 1.28. The van der Waals surface area contributed by atoms with Gasteiger partial charge in [0.05, 0.1) is 31.2 Å². The minimum atomic E-state index is -2.63. The van der Waals surface area contributed by atoms with Crippen LogP contribution in [0.3, 0.4) is 0 Å².